The molecule has 2 rings (SSSR count). The third-order valence-corrected chi connectivity index (χ3v) is 4.18. The predicted molar refractivity (Wildman–Crippen MR) is 63.2 cm³/mol. The lowest BCUT2D eigenvalue weighted by atomic mass is 10.3. The Kier molecular flexibility index (Phi) is 2.81. The van der Waals surface area contributed by atoms with Crippen LogP contribution in [0.1, 0.15) is 28.4 Å². The van der Waals surface area contributed by atoms with Gasteiger partial charge in [-0.15, -0.1) is 10.2 Å². The van der Waals surface area contributed by atoms with Crippen LogP contribution in [0.2, 0.25) is 0 Å². The number of carboxylic acids is 1. The highest BCUT2D eigenvalue weighted by molar-refractivity contribution is 7.90. The van der Waals surface area contributed by atoms with Crippen LogP contribution in [-0.2, 0) is 9.84 Å². The van der Waals surface area contributed by atoms with Gasteiger partial charge < -0.3 is 5.11 Å². The molecule has 7 nitrogen and oxygen atoms in total. The van der Waals surface area contributed by atoms with Crippen LogP contribution in [0.5, 0.6) is 0 Å². The molecule has 0 aliphatic heterocycles. The molecule has 0 aliphatic rings. The van der Waals surface area contributed by atoms with Gasteiger partial charge >= 0.3 is 5.97 Å². The molecule has 0 bridgehead atoms. The van der Waals surface area contributed by atoms with Gasteiger partial charge in [-0.2, -0.15) is 0 Å². The summed E-state index contributed by atoms with van der Waals surface area (Å²) < 4.78 is 24.4. The van der Waals surface area contributed by atoms with Crippen LogP contribution in [0.15, 0.2) is 18.3 Å². The summed E-state index contributed by atoms with van der Waals surface area (Å²) in [6.45, 7) is 1.49. The van der Waals surface area contributed by atoms with Crippen LogP contribution >= 0.6 is 0 Å². The number of sulfone groups is 1. The zero-order chi connectivity index (χ0) is 13.5. The standard InChI is InChI=1S/C10H11N3O4S/c1-6(18(2,16)17)9-12-11-8-4-3-7(10(14)15)5-13(8)9/h3-6H,1-2H3,(H,14,15). The van der Waals surface area contributed by atoms with Crippen LogP contribution in [0, 0.1) is 0 Å². The molecular weight excluding hydrogens is 258 g/mol. The van der Waals surface area contributed by atoms with Crippen molar-refractivity contribution < 1.29 is 18.3 Å². The van der Waals surface area contributed by atoms with E-state index >= 15 is 0 Å². The van der Waals surface area contributed by atoms with Crippen LogP contribution < -0.4 is 0 Å². The summed E-state index contributed by atoms with van der Waals surface area (Å²) in [4.78, 5) is 10.9. The summed E-state index contributed by atoms with van der Waals surface area (Å²) in [7, 11) is -3.32. The molecule has 8 heteroatoms. The van der Waals surface area contributed by atoms with Gasteiger partial charge in [0.2, 0.25) is 0 Å². The normalized spacial score (nSPS) is 13.7. The predicted octanol–water partition coefficient (Wildman–Crippen LogP) is 0.533. The van der Waals surface area contributed by atoms with Crippen molar-refractivity contribution in [3.05, 3.63) is 29.7 Å². The van der Waals surface area contributed by atoms with Gasteiger partial charge in [0.15, 0.2) is 21.3 Å². The minimum absolute atomic E-state index is 0.0456. The van der Waals surface area contributed by atoms with E-state index in [-0.39, 0.29) is 11.4 Å². The third kappa shape index (κ3) is 2.06. The van der Waals surface area contributed by atoms with Gasteiger partial charge in [-0.05, 0) is 19.1 Å². The first kappa shape index (κ1) is 12.5. The van der Waals surface area contributed by atoms with Crippen LogP contribution in [0.25, 0.3) is 5.65 Å². The van der Waals surface area contributed by atoms with Gasteiger partial charge in [-0.3, -0.25) is 4.40 Å². The third-order valence-electron chi connectivity index (χ3n) is 2.68. The molecule has 0 saturated heterocycles. The van der Waals surface area contributed by atoms with Crippen molar-refractivity contribution in [1.29, 1.82) is 0 Å². The van der Waals surface area contributed by atoms with Gasteiger partial charge in [-0.25, -0.2) is 13.2 Å². The number of nitrogens with zero attached hydrogens (tertiary/aromatic N) is 3. The van der Waals surface area contributed by atoms with E-state index in [2.05, 4.69) is 10.2 Å². The molecule has 2 heterocycles. The Morgan fingerprint density at radius 3 is 2.61 bits per heavy atom. The fourth-order valence-corrected chi connectivity index (χ4v) is 2.05. The molecule has 1 N–H and O–H groups in total. The number of aromatic carboxylic acids is 1. The van der Waals surface area contributed by atoms with Crippen molar-refractivity contribution in [2.75, 3.05) is 6.26 Å². The van der Waals surface area contributed by atoms with Gasteiger partial charge in [0.25, 0.3) is 0 Å². The second-order valence-corrected chi connectivity index (χ2v) is 6.35. The number of hydrogen-bond acceptors (Lipinski definition) is 5. The van der Waals surface area contributed by atoms with Crippen molar-refractivity contribution >= 4 is 21.5 Å². The average molecular weight is 269 g/mol. The Labute approximate surface area is 103 Å². The lowest BCUT2D eigenvalue weighted by Crippen LogP contribution is -2.12. The first-order chi connectivity index (χ1) is 8.30. The largest absolute Gasteiger partial charge is 0.478 e. The molecule has 0 fully saturated rings. The lowest BCUT2D eigenvalue weighted by Gasteiger charge is -2.07. The minimum atomic E-state index is -3.32. The van der Waals surface area contributed by atoms with Gasteiger partial charge in [0, 0.05) is 12.5 Å². The van der Waals surface area contributed by atoms with E-state index in [4.69, 9.17) is 5.11 Å². The fourth-order valence-electron chi connectivity index (χ4n) is 1.50. The Morgan fingerprint density at radius 1 is 1.39 bits per heavy atom. The van der Waals surface area contributed by atoms with Crippen LogP contribution in [0.4, 0.5) is 0 Å². The molecular formula is C10H11N3O4S. The summed E-state index contributed by atoms with van der Waals surface area (Å²) in [6, 6.07) is 2.87. The number of aromatic nitrogens is 3. The van der Waals surface area contributed by atoms with Crippen molar-refractivity contribution in [1.82, 2.24) is 14.6 Å². The molecule has 0 spiro atoms. The zero-order valence-corrected chi connectivity index (χ0v) is 10.5. The molecule has 2 aromatic rings. The molecule has 0 radical (unpaired) electrons. The summed E-state index contributed by atoms with van der Waals surface area (Å²) in [5, 5.41) is 15.7. The Balaban J connectivity index is 2.66. The summed E-state index contributed by atoms with van der Waals surface area (Å²) in [6.07, 6.45) is 2.41. The van der Waals surface area contributed by atoms with Gasteiger partial charge in [-0.1, -0.05) is 0 Å². The first-order valence-corrected chi connectivity index (χ1v) is 7.03. The molecule has 2 aromatic heterocycles. The zero-order valence-electron chi connectivity index (χ0n) is 9.73. The Morgan fingerprint density at radius 2 is 2.06 bits per heavy atom. The number of fused-ring (bicyclic) bond motifs is 1. The lowest BCUT2D eigenvalue weighted by molar-refractivity contribution is 0.0696. The minimum Gasteiger partial charge on any atom is -0.478 e. The van der Waals surface area contributed by atoms with Crippen molar-refractivity contribution in [3.63, 3.8) is 0 Å². The molecule has 18 heavy (non-hydrogen) atoms. The highest BCUT2D eigenvalue weighted by Gasteiger charge is 2.23. The second-order valence-electron chi connectivity index (χ2n) is 3.98. The topological polar surface area (TPSA) is 102 Å². The second kappa shape index (κ2) is 4.05. The number of rotatable bonds is 3. The van der Waals surface area contributed by atoms with E-state index in [0.29, 0.717) is 5.65 Å². The highest BCUT2D eigenvalue weighted by Crippen LogP contribution is 2.20. The van der Waals surface area contributed by atoms with Gasteiger partial charge in [0.05, 0.1) is 5.56 Å². The molecule has 1 atom stereocenters. The monoisotopic (exact) mass is 269 g/mol. The van der Waals surface area contributed by atoms with E-state index in [1.807, 2.05) is 0 Å². The first-order valence-electron chi connectivity index (χ1n) is 5.07. The van der Waals surface area contributed by atoms with E-state index in [1.165, 1.54) is 29.7 Å². The number of pyridine rings is 1. The maximum atomic E-state index is 11.5. The highest BCUT2D eigenvalue weighted by atomic mass is 32.2. The Hall–Kier alpha value is -1.96. The number of carboxylic acid groups (broad SMARTS) is 1. The maximum absolute atomic E-state index is 11.5. The quantitative estimate of drug-likeness (QED) is 0.872. The van der Waals surface area contributed by atoms with E-state index < -0.39 is 21.1 Å². The molecule has 0 aromatic carbocycles. The van der Waals surface area contributed by atoms with E-state index in [0.717, 1.165) is 6.26 Å². The smallest absolute Gasteiger partial charge is 0.337 e. The van der Waals surface area contributed by atoms with E-state index in [1.54, 1.807) is 0 Å². The van der Waals surface area contributed by atoms with Crippen molar-refractivity contribution in [2.24, 2.45) is 0 Å². The fraction of sp³-hybridized carbons (Fsp3) is 0.300. The summed E-state index contributed by atoms with van der Waals surface area (Å²) >= 11 is 0. The van der Waals surface area contributed by atoms with Crippen LogP contribution in [0.3, 0.4) is 0 Å². The molecule has 1 unspecified atom stereocenters. The number of hydrogen-bond donors (Lipinski definition) is 1. The summed E-state index contributed by atoms with van der Waals surface area (Å²) in [5.74, 6) is -0.890. The average Bonchev–Trinajstić information content (AvgIpc) is 2.68. The molecule has 0 saturated carbocycles. The van der Waals surface area contributed by atoms with Gasteiger partial charge in [0.1, 0.15) is 5.25 Å². The molecule has 96 valence electrons. The van der Waals surface area contributed by atoms with Crippen molar-refractivity contribution in [3.8, 4) is 0 Å². The molecule has 0 amide bonds. The Bertz CT molecular complexity index is 720. The number of carbonyl (C=O) groups is 1. The van der Waals surface area contributed by atoms with Crippen molar-refractivity contribution in [2.45, 2.75) is 12.2 Å². The van der Waals surface area contributed by atoms with E-state index in [9.17, 15) is 13.2 Å². The SMILES string of the molecule is CC(c1nnc2ccc(C(=O)O)cn12)S(C)(=O)=O. The molecule has 0 aliphatic carbocycles. The summed E-state index contributed by atoms with van der Waals surface area (Å²) in [5.41, 5.74) is 0.453. The maximum Gasteiger partial charge on any atom is 0.337 e. The van der Waals surface area contributed by atoms with Crippen LogP contribution in [-0.4, -0.2) is 40.3 Å².